The second kappa shape index (κ2) is 6.81. The SMILES string of the molecule is O=C(CSc1nnc(C2CC2)o1)N1CC=C(c2ccccc2)CC1. The number of benzene rings is 1. The molecule has 6 heteroatoms. The molecule has 1 aliphatic carbocycles. The fourth-order valence-corrected chi connectivity index (χ4v) is 3.47. The first-order valence-corrected chi connectivity index (χ1v) is 9.26. The maximum absolute atomic E-state index is 12.4. The predicted molar refractivity (Wildman–Crippen MR) is 92.6 cm³/mol. The van der Waals surface area contributed by atoms with Crippen LogP contribution in [-0.2, 0) is 4.79 Å². The average Bonchev–Trinajstić information content (AvgIpc) is 3.39. The van der Waals surface area contributed by atoms with Crippen molar-refractivity contribution < 1.29 is 9.21 Å². The van der Waals surface area contributed by atoms with Gasteiger partial charge in [-0.25, -0.2) is 0 Å². The van der Waals surface area contributed by atoms with Gasteiger partial charge in [0.25, 0.3) is 5.22 Å². The quantitative estimate of drug-likeness (QED) is 0.781. The molecule has 1 amide bonds. The van der Waals surface area contributed by atoms with Crippen LogP contribution in [0, 0.1) is 0 Å². The molecule has 0 saturated heterocycles. The normalized spacial score (nSPS) is 17.7. The van der Waals surface area contributed by atoms with Gasteiger partial charge in [-0.15, -0.1) is 10.2 Å². The highest BCUT2D eigenvalue weighted by atomic mass is 32.2. The van der Waals surface area contributed by atoms with Crippen molar-refractivity contribution in [1.82, 2.24) is 15.1 Å². The van der Waals surface area contributed by atoms with Gasteiger partial charge >= 0.3 is 0 Å². The molecular weight excluding hydrogens is 322 g/mol. The Morgan fingerprint density at radius 1 is 1.25 bits per heavy atom. The Morgan fingerprint density at radius 2 is 2.08 bits per heavy atom. The lowest BCUT2D eigenvalue weighted by atomic mass is 10.00. The van der Waals surface area contributed by atoms with E-state index in [0.717, 1.165) is 31.7 Å². The van der Waals surface area contributed by atoms with Gasteiger partial charge < -0.3 is 9.32 Å². The summed E-state index contributed by atoms with van der Waals surface area (Å²) in [4.78, 5) is 14.2. The molecule has 2 aliphatic rings. The monoisotopic (exact) mass is 341 g/mol. The molecule has 0 spiro atoms. The minimum atomic E-state index is 0.120. The molecule has 0 radical (unpaired) electrons. The Labute approximate surface area is 145 Å². The second-order valence-corrected chi connectivity index (χ2v) is 7.08. The zero-order valence-electron chi connectivity index (χ0n) is 13.4. The summed E-state index contributed by atoms with van der Waals surface area (Å²) in [6, 6.07) is 10.3. The zero-order valence-corrected chi connectivity index (χ0v) is 14.2. The third kappa shape index (κ3) is 3.53. The van der Waals surface area contributed by atoms with Crippen LogP contribution in [0.15, 0.2) is 46.0 Å². The van der Waals surface area contributed by atoms with E-state index in [0.29, 0.717) is 23.4 Å². The third-order valence-electron chi connectivity index (χ3n) is 4.37. The highest BCUT2D eigenvalue weighted by molar-refractivity contribution is 7.99. The molecule has 24 heavy (non-hydrogen) atoms. The van der Waals surface area contributed by atoms with Crippen molar-refractivity contribution in [3.05, 3.63) is 47.9 Å². The molecule has 1 fully saturated rings. The molecule has 124 valence electrons. The van der Waals surface area contributed by atoms with Crippen LogP contribution in [0.3, 0.4) is 0 Å². The number of carbonyl (C=O) groups excluding carboxylic acids is 1. The Morgan fingerprint density at radius 3 is 2.79 bits per heavy atom. The molecular formula is C18H19N3O2S. The minimum absolute atomic E-state index is 0.120. The number of carbonyl (C=O) groups is 1. The molecule has 0 atom stereocenters. The highest BCUT2D eigenvalue weighted by Crippen LogP contribution is 2.39. The van der Waals surface area contributed by atoms with Crippen molar-refractivity contribution in [1.29, 1.82) is 0 Å². The molecule has 5 nitrogen and oxygen atoms in total. The Balaban J connectivity index is 1.30. The smallest absolute Gasteiger partial charge is 0.277 e. The van der Waals surface area contributed by atoms with E-state index in [-0.39, 0.29) is 5.91 Å². The topological polar surface area (TPSA) is 59.2 Å². The molecule has 1 saturated carbocycles. The van der Waals surface area contributed by atoms with Crippen LogP contribution >= 0.6 is 11.8 Å². The molecule has 0 unspecified atom stereocenters. The first kappa shape index (κ1) is 15.4. The van der Waals surface area contributed by atoms with Crippen molar-refractivity contribution in [3.8, 4) is 0 Å². The van der Waals surface area contributed by atoms with Gasteiger partial charge in [0.1, 0.15) is 0 Å². The summed E-state index contributed by atoms with van der Waals surface area (Å²) in [6.07, 6.45) is 5.32. The largest absolute Gasteiger partial charge is 0.416 e. The number of aromatic nitrogens is 2. The lowest BCUT2D eigenvalue weighted by Crippen LogP contribution is -2.35. The van der Waals surface area contributed by atoms with Crippen LogP contribution in [0.4, 0.5) is 0 Å². The van der Waals surface area contributed by atoms with Crippen LogP contribution in [0.5, 0.6) is 0 Å². The maximum atomic E-state index is 12.4. The van der Waals surface area contributed by atoms with Gasteiger partial charge in [-0.2, -0.15) is 0 Å². The van der Waals surface area contributed by atoms with Gasteiger partial charge in [0.2, 0.25) is 11.8 Å². The van der Waals surface area contributed by atoms with Crippen LogP contribution in [0.25, 0.3) is 5.57 Å². The van der Waals surface area contributed by atoms with E-state index in [2.05, 4.69) is 28.4 Å². The summed E-state index contributed by atoms with van der Waals surface area (Å²) in [5.41, 5.74) is 2.57. The molecule has 2 aromatic rings. The van der Waals surface area contributed by atoms with Gasteiger partial charge in [-0.1, -0.05) is 48.2 Å². The van der Waals surface area contributed by atoms with Gasteiger partial charge in [0.15, 0.2) is 0 Å². The standard InChI is InChI=1S/C18H19N3O2S/c22-16(12-24-18-20-19-17(23-18)15-6-7-15)21-10-8-14(9-11-21)13-4-2-1-3-5-13/h1-5,8,15H,6-7,9-12H2. The van der Waals surface area contributed by atoms with Crippen molar-refractivity contribution in [2.45, 2.75) is 30.4 Å². The predicted octanol–water partition coefficient (Wildman–Crippen LogP) is 3.36. The van der Waals surface area contributed by atoms with E-state index in [1.807, 2.05) is 23.1 Å². The van der Waals surface area contributed by atoms with Crippen molar-refractivity contribution in [2.24, 2.45) is 0 Å². The van der Waals surface area contributed by atoms with E-state index in [4.69, 9.17) is 4.42 Å². The number of hydrogen-bond donors (Lipinski definition) is 0. The summed E-state index contributed by atoms with van der Waals surface area (Å²) >= 11 is 1.33. The zero-order chi connectivity index (χ0) is 16.4. The minimum Gasteiger partial charge on any atom is -0.416 e. The summed E-state index contributed by atoms with van der Waals surface area (Å²) < 4.78 is 5.58. The van der Waals surface area contributed by atoms with Crippen LogP contribution in [0.1, 0.15) is 36.6 Å². The first-order valence-electron chi connectivity index (χ1n) is 8.28. The van der Waals surface area contributed by atoms with E-state index in [1.54, 1.807) is 0 Å². The van der Waals surface area contributed by atoms with Crippen LogP contribution in [0.2, 0.25) is 0 Å². The Hall–Kier alpha value is -2.08. The molecule has 0 N–H and O–H groups in total. The summed E-state index contributed by atoms with van der Waals surface area (Å²) in [7, 11) is 0. The first-order chi connectivity index (χ1) is 11.8. The van der Waals surface area contributed by atoms with E-state index < -0.39 is 0 Å². The number of nitrogens with zero attached hydrogens (tertiary/aromatic N) is 3. The maximum Gasteiger partial charge on any atom is 0.277 e. The molecule has 0 bridgehead atoms. The van der Waals surface area contributed by atoms with Gasteiger partial charge in [0.05, 0.1) is 5.75 Å². The molecule has 4 rings (SSSR count). The molecule has 1 aromatic heterocycles. The van der Waals surface area contributed by atoms with Crippen molar-refractivity contribution in [3.63, 3.8) is 0 Å². The fraction of sp³-hybridized carbons (Fsp3) is 0.389. The molecule has 1 aliphatic heterocycles. The van der Waals surface area contributed by atoms with Gasteiger partial charge in [0, 0.05) is 19.0 Å². The lowest BCUT2D eigenvalue weighted by molar-refractivity contribution is -0.127. The number of hydrogen-bond acceptors (Lipinski definition) is 5. The molecule has 2 heterocycles. The molecule has 1 aromatic carbocycles. The van der Waals surface area contributed by atoms with E-state index >= 15 is 0 Å². The summed E-state index contributed by atoms with van der Waals surface area (Å²) in [5, 5.41) is 8.55. The highest BCUT2D eigenvalue weighted by Gasteiger charge is 2.29. The van der Waals surface area contributed by atoms with Crippen molar-refractivity contribution >= 4 is 23.2 Å². The van der Waals surface area contributed by atoms with Crippen LogP contribution in [-0.4, -0.2) is 39.8 Å². The van der Waals surface area contributed by atoms with E-state index in [9.17, 15) is 4.79 Å². The van der Waals surface area contributed by atoms with Gasteiger partial charge in [-0.05, 0) is 30.4 Å². The number of rotatable bonds is 5. The summed E-state index contributed by atoms with van der Waals surface area (Å²) in [5.74, 6) is 1.64. The Kier molecular flexibility index (Phi) is 4.38. The summed E-state index contributed by atoms with van der Waals surface area (Å²) in [6.45, 7) is 1.43. The average molecular weight is 341 g/mol. The second-order valence-electron chi connectivity index (χ2n) is 6.15. The van der Waals surface area contributed by atoms with Crippen LogP contribution < -0.4 is 0 Å². The third-order valence-corrected chi connectivity index (χ3v) is 5.18. The fourth-order valence-electron chi connectivity index (χ4n) is 2.80. The van der Waals surface area contributed by atoms with E-state index in [1.165, 1.54) is 22.9 Å². The Bertz CT molecular complexity index is 753. The number of amides is 1. The van der Waals surface area contributed by atoms with Crippen molar-refractivity contribution in [2.75, 3.05) is 18.8 Å². The van der Waals surface area contributed by atoms with Gasteiger partial charge in [-0.3, -0.25) is 4.79 Å². The lowest BCUT2D eigenvalue weighted by Gasteiger charge is -2.26. The number of thioether (sulfide) groups is 1.